The number of hydrogen-bond acceptors (Lipinski definition) is 8. The lowest BCUT2D eigenvalue weighted by Crippen LogP contribution is -2.47. The van der Waals surface area contributed by atoms with Crippen molar-refractivity contribution in [3.05, 3.63) is 0 Å². The number of rotatable bonds is 53. The lowest BCUT2D eigenvalue weighted by Gasteiger charge is -2.34. The van der Waals surface area contributed by atoms with Crippen LogP contribution in [0.3, 0.4) is 0 Å². The number of hydrogen-bond donors (Lipinski definition) is 1. The molecule has 1 saturated heterocycles. The van der Waals surface area contributed by atoms with Crippen LogP contribution in [0.15, 0.2) is 0 Å². The Balaban J connectivity index is 2.66. The molecule has 8 heteroatoms. The molecule has 0 unspecified atom stereocenters. The van der Waals surface area contributed by atoms with Gasteiger partial charge in [-0.3, -0.25) is 9.69 Å². The average Bonchev–Trinajstić information content (AvgIpc) is 3.31. The number of esters is 1. The fourth-order valence-corrected chi connectivity index (χ4v) is 9.38. The molecule has 65 heavy (non-hydrogen) atoms. The van der Waals surface area contributed by atoms with E-state index < -0.39 is 5.41 Å². The number of ether oxygens (including phenoxy) is 4. The second-order valence-corrected chi connectivity index (χ2v) is 20.5. The average molecular weight is 924 g/mol. The first-order valence-corrected chi connectivity index (χ1v) is 29.0. The molecule has 1 aliphatic heterocycles. The quantitative estimate of drug-likeness (QED) is 0.0477. The number of carbonyl (C=O) groups excluding carboxylic acids is 1. The van der Waals surface area contributed by atoms with Crippen molar-refractivity contribution in [1.82, 2.24) is 9.80 Å². The van der Waals surface area contributed by atoms with E-state index in [-0.39, 0.29) is 19.2 Å². The molecule has 0 saturated carbocycles. The summed E-state index contributed by atoms with van der Waals surface area (Å²) < 4.78 is 25.5. The zero-order valence-corrected chi connectivity index (χ0v) is 44.2. The smallest absolute Gasteiger partial charge is 0.305 e. The Morgan fingerprint density at radius 2 is 0.662 bits per heavy atom. The fraction of sp³-hybridized carbons (Fsp3) is 0.982. The molecule has 1 fully saturated rings. The Bertz CT molecular complexity index is 868. The van der Waals surface area contributed by atoms with Crippen LogP contribution in [-0.2, 0) is 23.7 Å². The third-order valence-corrected chi connectivity index (χ3v) is 13.9. The highest BCUT2D eigenvalue weighted by Gasteiger charge is 2.34. The molecule has 8 nitrogen and oxygen atoms in total. The molecule has 1 aliphatic rings. The summed E-state index contributed by atoms with van der Waals surface area (Å²) in [6.45, 7) is 16.6. The van der Waals surface area contributed by atoms with Gasteiger partial charge in [0.25, 0.3) is 0 Å². The van der Waals surface area contributed by atoms with E-state index in [0.717, 1.165) is 84.8 Å². The van der Waals surface area contributed by atoms with E-state index in [1.54, 1.807) is 0 Å². The molecule has 0 amide bonds. The predicted octanol–water partition coefficient (Wildman–Crippen LogP) is 15.1. The van der Waals surface area contributed by atoms with E-state index in [4.69, 9.17) is 18.9 Å². The van der Waals surface area contributed by atoms with Gasteiger partial charge in [0.2, 0.25) is 0 Å². The van der Waals surface area contributed by atoms with Gasteiger partial charge in [0.15, 0.2) is 0 Å². The third kappa shape index (κ3) is 41.9. The van der Waals surface area contributed by atoms with Crippen LogP contribution in [0, 0.1) is 5.41 Å². The summed E-state index contributed by atoms with van der Waals surface area (Å²) in [5.74, 6) is -0.129. The Morgan fingerprint density at radius 3 is 0.954 bits per heavy atom. The summed E-state index contributed by atoms with van der Waals surface area (Å²) in [5, 5.41) is 9.30. The lowest BCUT2D eigenvalue weighted by molar-refractivity contribution is -0.156. The standard InChI is InChI=1S/C57H114N2O6/c1-4-7-10-13-16-19-22-25-28-31-34-37-49-62-52-57(53-63-50-38-35-32-29-26-23-20-17-14-11-8-5-2,54-64-51-39-36-33-30-27-24-21-18-15-12-9-6-3)55-65-56(61)41-40-42-58-43-45-59(46-44-58)47-48-60/h60H,4-55H2,1-3H3. The molecule has 0 spiro atoms. The first-order valence-electron chi connectivity index (χ1n) is 29.0. The van der Waals surface area contributed by atoms with Crippen LogP contribution in [0.25, 0.3) is 0 Å². The summed E-state index contributed by atoms with van der Waals surface area (Å²) >= 11 is 0. The Morgan fingerprint density at radius 1 is 0.385 bits per heavy atom. The van der Waals surface area contributed by atoms with Gasteiger partial charge in [-0.05, 0) is 32.2 Å². The fourth-order valence-electron chi connectivity index (χ4n) is 9.38. The molecule has 0 radical (unpaired) electrons. The van der Waals surface area contributed by atoms with E-state index >= 15 is 0 Å². The number of carbonyl (C=O) groups is 1. The maximum absolute atomic E-state index is 13.3. The van der Waals surface area contributed by atoms with Gasteiger partial charge in [0.05, 0.1) is 31.8 Å². The molecule has 0 aromatic carbocycles. The summed E-state index contributed by atoms with van der Waals surface area (Å²) in [5.41, 5.74) is -0.510. The van der Waals surface area contributed by atoms with Crippen molar-refractivity contribution >= 4 is 5.97 Å². The minimum atomic E-state index is -0.510. The molecular formula is C57H114N2O6. The molecule has 1 heterocycles. The second-order valence-electron chi connectivity index (χ2n) is 20.5. The van der Waals surface area contributed by atoms with Crippen LogP contribution in [-0.4, -0.2) is 113 Å². The molecule has 0 bridgehead atoms. The Labute approximate surface area is 405 Å². The third-order valence-electron chi connectivity index (χ3n) is 13.9. The van der Waals surface area contributed by atoms with E-state index in [1.807, 2.05) is 0 Å². The zero-order chi connectivity index (χ0) is 46.8. The van der Waals surface area contributed by atoms with Crippen molar-refractivity contribution in [3.8, 4) is 0 Å². The normalized spacial score (nSPS) is 13.9. The number of aliphatic hydroxyl groups is 1. The van der Waals surface area contributed by atoms with E-state index in [0.29, 0.717) is 26.2 Å². The minimum Gasteiger partial charge on any atom is -0.465 e. The van der Waals surface area contributed by atoms with Gasteiger partial charge in [-0.2, -0.15) is 0 Å². The van der Waals surface area contributed by atoms with Gasteiger partial charge >= 0.3 is 5.97 Å². The number of aliphatic hydroxyl groups excluding tert-OH is 1. The zero-order valence-electron chi connectivity index (χ0n) is 44.2. The summed E-state index contributed by atoms with van der Waals surface area (Å²) in [7, 11) is 0. The topological polar surface area (TPSA) is 80.7 Å². The second kappa shape index (κ2) is 49.6. The Hall–Kier alpha value is -0.770. The molecule has 0 atom stereocenters. The monoisotopic (exact) mass is 923 g/mol. The van der Waals surface area contributed by atoms with E-state index in [1.165, 1.54) is 212 Å². The van der Waals surface area contributed by atoms with Gasteiger partial charge in [0.1, 0.15) is 6.61 Å². The molecule has 388 valence electrons. The van der Waals surface area contributed by atoms with Crippen LogP contribution < -0.4 is 0 Å². The van der Waals surface area contributed by atoms with Gasteiger partial charge < -0.3 is 29.0 Å². The van der Waals surface area contributed by atoms with Crippen molar-refractivity contribution < 1.29 is 28.8 Å². The van der Waals surface area contributed by atoms with Gasteiger partial charge in [-0.15, -0.1) is 0 Å². The summed E-state index contributed by atoms with van der Waals surface area (Å²) in [4.78, 5) is 18.0. The molecular weight excluding hydrogens is 809 g/mol. The van der Waals surface area contributed by atoms with E-state index in [2.05, 4.69) is 30.6 Å². The van der Waals surface area contributed by atoms with Crippen LogP contribution in [0.5, 0.6) is 0 Å². The van der Waals surface area contributed by atoms with Crippen LogP contribution in [0.4, 0.5) is 0 Å². The first-order chi connectivity index (χ1) is 32.1. The molecule has 0 aromatic rings. The highest BCUT2D eigenvalue weighted by Crippen LogP contribution is 2.23. The van der Waals surface area contributed by atoms with Crippen LogP contribution >= 0.6 is 0 Å². The lowest BCUT2D eigenvalue weighted by atomic mass is 9.92. The number of β-amino-alcohol motifs (C(OH)–C–C–N with tert-alkyl or cyclic N) is 1. The van der Waals surface area contributed by atoms with Gasteiger partial charge in [-0.1, -0.05) is 233 Å². The van der Waals surface area contributed by atoms with E-state index in [9.17, 15) is 9.90 Å². The maximum Gasteiger partial charge on any atom is 0.305 e. The van der Waals surface area contributed by atoms with Gasteiger partial charge in [0, 0.05) is 59.0 Å². The Kier molecular flexibility index (Phi) is 47.5. The number of nitrogens with zero attached hydrogens (tertiary/aromatic N) is 2. The van der Waals surface area contributed by atoms with Crippen molar-refractivity contribution in [1.29, 1.82) is 0 Å². The SMILES string of the molecule is CCCCCCCCCCCCCCOCC(COCCCCCCCCCCCCCC)(COCCCCCCCCCCCCCC)COC(=O)CCCN1CCN(CCO)CC1. The number of unbranched alkanes of at least 4 members (excludes halogenated alkanes) is 33. The largest absolute Gasteiger partial charge is 0.465 e. The molecule has 1 N–H and O–H groups in total. The molecule has 1 rings (SSSR count). The number of piperazine rings is 1. The van der Waals surface area contributed by atoms with Crippen molar-refractivity contribution in [2.75, 3.05) is 92.1 Å². The predicted molar refractivity (Wildman–Crippen MR) is 278 cm³/mol. The first kappa shape index (κ1) is 62.2. The highest BCUT2D eigenvalue weighted by atomic mass is 16.5. The highest BCUT2D eigenvalue weighted by molar-refractivity contribution is 5.69. The van der Waals surface area contributed by atoms with Crippen molar-refractivity contribution in [3.63, 3.8) is 0 Å². The van der Waals surface area contributed by atoms with Crippen LogP contribution in [0.1, 0.15) is 265 Å². The van der Waals surface area contributed by atoms with Gasteiger partial charge in [-0.25, -0.2) is 0 Å². The molecule has 0 aromatic heterocycles. The van der Waals surface area contributed by atoms with Crippen molar-refractivity contribution in [2.45, 2.75) is 265 Å². The summed E-state index contributed by atoms with van der Waals surface area (Å²) in [6, 6.07) is 0. The van der Waals surface area contributed by atoms with Crippen molar-refractivity contribution in [2.24, 2.45) is 5.41 Å². The van der Waals surface area contributed by atoms with Crippen LogP contribution in [0.2, 0.25) is 0 Å². The molecule has 0 aliphatic carbocycles. The maximum atomic E-state index is 13.3. The minimum absolute atomic E-state index is 0.129. The summed E-state index contributed by atoms with van der Waals surface area (Å²) in [6.07, 6.45) is 49.1.